The van der Waals surface area contributed by atoms with Gasteiger partial charge in [-0.3, -0.25) is 4.90 Å². The second kappa shape index (κ2) is 5.12. The molecule has 1 N–H and O–H groups in total. The largest absolute Gasteiger partial charge is 0.314 e. The second-order valence-electron chi connectivity index (χ2n) is 5.37. The molecule has 0 bridgehead atoms. The van der Waals surface area contributed by atoms with Crippen molar-refractivity contribution in [3.63, 3.8) is 0 Å². The van der Waals surface area contributed by atoms with Gasteiger partial charge < -0.3 is 9.72 Å². The zero-order chi connectivity index (χ0) is 13.4. The number of imidazole rings is 1. The molecule has 4 nitrogen and oxygen atoms in total. The van der Waals surface area contributed by atoms with Crippen molar-refractivity contribution >= 4 is 17.2 Å². The summed E-state index contributed by atoms with van der Waals surface area (Å²) in [4.78, 5) is 7.16. The molecule has 3 rings (SSSR count). The smallest absolute Gasteiger partial charge is 0.137 e. The number of piperazine rings is 1. The molecule has 102 valence electrons. The maximum atomic E-state index is 6.00. The minimum absolute atomic E-state index is 0.539. The van der Waals surface area contributed by atoms with Crippen LogP contribution in [0.3, 0.4) is 0 Å². The summed E-state index contributed by atoms with van der Waals surface area (Å²) in [6.45, 7) is 7.50. The molecule has 19 heavy (non-hydrogen) atoms. The third-order valence-electron chi connectivity index (χ3n) is 3.82. The zero-order valence-corrected chi connectivity index (χ0v) is 12.1. The van der Waals surface area contributed by atoms with Crippen molar-refractivity contribution in [2.45, 2.75) is 32.5 Å². The van der Waals surface area contributed by atoms with Crippen molar-refractivity contribution in [3.05, 3.63) is 35.2 Å². The van der Waals surface area contributed by atoms with Gasteiger partial charge in [-0.15, -0.1) is 0 Å². The summed E-state index contributed by atoms with van der Waals surface area (Å²) < 4.78 is 2.00. The van der Waals surface area contributed by atoms with Crippen LogP contribution in [-0.2, 0) is 6.54 Å². The molecule has 0 aliphatic carbocycles. The highest BCUT2D eigenvalue weighted by Gasteiger charge is 2.24. The van der Waals surface area contributed by atoms with E-state index in [0.717, 1.165) is 36.0 Å². The second-order valence-corrected chi connectivity index (χ2v) is 5.81. The van der Waals surface area contributed by atoms with Crippen molar-refractivity contribution in [2.75, 3.05) is 13.1 Å². The molecule has 1 saturated heterocycles. The third-order valence-corrected chi connectivity index (χ3v) is 4.04. The first-order chi connectivity index (χ1) is 9.13. The number of hydrogen-bond donors (Lipinski definition) is 1. The van der Waals surface area contributed by atoms with Crippen LogP contribution in [0.1, 0.15) is 19.5 Å². The van der Waals surface area contributed by atoms with E-state index < -0.39 is 0 Å². The highest BCUT2D eigenvalue weighted by Crippen LogP contribution is 2.16. The Labute approximate surface area is 118 Å². The number of nitrogens with zero attached hydrogens (tertiary/aromatic N) is 3. The monoisotopic (exact) mass is 278 g/mol. The molecule has 5 heteroatoms. The van der Waals surface area contributed by atoms with Crippen molar-refractivity contribution in [2.24, 2.45) is 0 Å². The molecule has 1 aliphatic rings. The SMILES string of the molecule is CC1CNCC(C)N1Cc1cn2cc(Cl)ccc2n1. The molecular formula is C14H19ClN4. The first-order valence-corrected chi connectivity index (χ1v) is 7.11. The van der Waals surface area contributed by atoms with Crippen LogP contribution in [0.25, 0.3) is 5.65 Å². The van der Waals surface area contributed by atoms with Gasteiger partial charge >= 0.3 is 0 Å². The minimum atomic E-state index is 0.539. The summed E-state index contributed by atoms with van der Waals surface area (Å²) in [6.07, 6.45) is 3.97. The van der Waals surface area contributed by atoms with Crippen LogP contribution >= 0.6 is 11.6 Å². The quantitative estimate of drug-likeness (QED) is 0.914. The lowest BCUT2D eigenvalue weighted by Crippen LogP contribution is -2.54. The Bertz CT molecular complexity index is 570. The average Bonchev–Trinajstić information content (AvgIpc) is 2.75. The van der Waals surface area contributed by atoms with Crippen molar-refractivity contribution in [1.82, 2.24) is 19.6 Å². The topological polar surface area (TPSA) is 32.6 Å². The molecule has 3 heterocycles. The van der Waals surface area contributed by atoms with Crippen LogP contribution in [0.4, 0.5) is 0 Å². The molecule has 0 saturated carbocycles. The van der Waals surface area contributed by atoms with Crippen LogP contribution < -0.4 is 5.32 Å². The molecule has 0 radical (unpaired) electrons. The Morgan fingerprint density at radius 1 is 1.26 bits per heavy atom. The Balaban J connectivity index is 1.84. The fourth-order valence-electron chi connectivity index (χ4n) is 2.76. The van der Waals surface area contributed by atoms with Gasteiger partial charge in [0.25, 0.3) is 0 Å². The molecule has 1 fully saturated rings. The van der Waals surface area contributed by atoms with E-state index in [-0.39, 0.29) is 0 Å². The zero-order valence-electron chi connectivity index (χ0n) is 11.3. The van der Waals surface area contributed by atoms with Gasteiger partial charge in [0.2, 0.25) is 0 Å². The number of rotatable bonds is 2. The van der Waals surface area contributed by atoms with Crippen molar-refractivity contribution < 1.29 is 0 Å². The van der Waals surface area contributed by atoms with E-state index in [2.05, 4.69) is 35.2 Å². The average molecular weight is 279 g/mol. The standard InChI is InChI=1S/C14H19ClN4/c1-10-5-16-6-11(2)19(10)9-13-8-18-7-12(15)3-4-14(18)17-13/h3-4,7-8,10-11,16H,5-6,9H2,1-2H3. The lowest BCUT2D eigenvalue weighted by atomic mass is 10.1. The molecule has 0 aromatic carbocycles. The maximum absolute atomic E-state index is 6.00. The summed E-state index contributed by atoms with van der Waals surface area (Å²) in [5, 5.41) is 4.19. The minimum Gasteiger partial charge on any atom is -0.314 e. The molecule has 0 spiro atoms. The van der Waals surface area contributed by atoms with Gasteiger partial charge in [-0.25, -0.2) is 4.98 Å². The van der Waals surface area contributed by atoms with Gasteiger partial charge in [0.05, 0.1) is 10.7 Å². The van der Waals surface area contributed by atoms with Gasteiger partial charge in [0.15, 0.2) is 0 Å². The number of aromatic nitrogens is 2. The number of pyridine rings is 1. The highest BCUT2D eigenvalue weighted by atomic mass is 35.5. The maximum Gasteiger partial charge on any atom is 0.137 e. The number of hydrogen-bond acceptors (Lipinski definition) is 3. The molecule has 1 aliphatic heterocycles. The van der Waals surface area contributed by atoms with E-state index in [4.69, 9.17) is 11.6 Å². The molecule has 0 amide bonds. The molecular weight excluding hydrogens is 260 g/mol. The van der Waals surface area contributed by atoms with Crippen LogP contribution in [0.2, 0.25) is 5.02 Å². The van der Waals surface area contributed by atoms with Gasteiger partial charge in [0.1, 0.15) is 5.65 Å². The van der Waals surface area contributed by atoms with E-state index in [1.807, 2.05) is 22.7 Å². The van der Waals surface area contributed by atoms with E-state index in [1.165, 1.54) is 0 Å². The van der Waals surface area contributed by atoms with Crippen LogP contribution in [0.5, 0.6) is 0 Å². The Hall–Kier alpha value is -1.10. The van der Waals surface area contributed by atoms with Crippen LogP contribution in [0.15, 0.2) is 24.5 Å². The van der Waals surface area contributed by atoms with E-state index in [9.17, 15) is 0 Å². The van der Waals surface area contributed by atoms with Crippen molar-refractivity contribution in [1.29, 1.82) is 0 Å². The predicted molar refractivity (Wildman–Crippen MR) is 77.5 cm³/mol. The molecule has 2 unspecified atom stereocenters. The number of nitrogens with one attached hydrogen (secondary N) is 1. The van der Waals surface area contributed by atoms with E-state index in [1.54, 1.807) is 0 Å². The van der Waals surface area contributed by atoms with Crippen LogP contribution in [-0.4, -0.2) is 39.5 Å². The lowest BCUT2D eigenvalue weighted by molar-refractivity contribution is 0.107. The fraction of sp³-hybridized carbons (Fsp3) is 0.500. The number of fused-ring (bicyclic) bond motifs is 1. The Kier molecular flexibility index (Phi) is 3.48. The highest BCUT2D eigenvalue weighted by molar-refractivity contribution is 6.30. The summed E-state index contributed by atoms with van der Waals surface area (Å²) in [7, 11) is 0. The van der Waals surface area contributed by atoms with Crippen LogP contribution in [0, 0.1) is 0 Å². The lowest BCUT2D eigenvalue weighted by Gasteiger charge is -2.38. The Morgan fingerprint density at radius 3 is 2.74 bits per heavy atom. The van der Waals surface area contributed by atoms with E-state index >= 15 is 0 Å². The van der Waals surface area contributed by atoms with Gasteiger partial charge in [-0.05, 0) is 26.0 Å². The summed E-state index contributed by atoms with van der Waals surface area (Å²) >= 11 is 6.00. The van der Waals surface area contributed by atoms with Gasteiger partial charge in [0, 0.05) is 44.1 Å². The predicted octanol–water partition coefficient (Wildman–Crippen LogP) is 2.17. The first-order valence-electron chi connectivity index (χ1n) is 6.73. The van der Waals surface area contributed by atoms with Gasteiger partial charge in [-0.2, -0.15) is 0 Å². The fourth-order valence-corrected chi connectivity index (χ4v) is 2.93. The summed E-state index contributed by atoms with van der Waals surface area (Å²) in [5.41, 5.74) is 2.05. The Morgan fingerprint density at radius 2 is 2.00 bits per heavy atom. The summed E-state index contributed by atoms with van der Waals surface area (Å²) in [6, 6.07) is 4.91. The third kappa shape index (κ3) is 2.61. The summed E-state index contributed by atoms with van der Waals surface area (Å²) in [5.74, 6) is 0. The van der Waals surface area contributed by atoms with Crippen molar-refractivity contribution in [3.8, 4) is 0 Å². The van der Waals surface area contributed by atoms with E-state index in [0.29, 0.717) is 12.1 Å². The van der Waals surface area contributed by atoms with Gasteiger partial charge in [-0.1, -0.05) is 11.6 Å². The molecule has 2 aromatic rings. The normalized spacial score (nSPS) is 25.0. The molecule has 2 atom stereocenters. The first kappa shape index (κ1) is 12.9. The number of halogens is 1. The molecule has 2 aromatic heterocycles.